The summed E-state index contributed by atoms with van der Waals surface area (Å²) < 4.78 is 52.7. The molecule has 0 radical (unpaired) electrons. The van der Waals surface area contributed by atoms with Crippen molar-refractivity contribution in [3.63, 3.8) is 0 Å². The van der Waals surface area contributed by atoms with Gasteiger partial charge in [-0.15, -0.1) is 0 Å². The summed E-state index contributed by atoms with van der Waals surface area (Å²) in [5.74, 6) is 5.52. The van der Waals surface area contributed by atoms with E-state index < -0.39 is 0 Å². The molecule has 0 amide bonds. The van der Waals surface area contributed by atoms with Crippen LogP contribution in [-0.2, 0) is 0 Å². The second kappa shape index (κ2) is 29.0. The summed E-state index contributed by atoms with van der Waals surface area (Å²) in [6, 6.07) is 36.7. The van der Waals surface area contributed by atoms with E-state index in [1.807, 2.05) is 177 Å². The van der Waals surface area contributed by atoms with Gasteiger partial charge >= 0.3 is 46.6 Å². The zero-order chi connectivity index (χ0) is 71.3. The van der Waals surface area contributed by atoms with Crippen LogP contribution in [0.5, 0.6) is 23.0 Å². The molecule has 28 nitrogen and oxygen atoms in total. The van der Waals surface area contributed by atoms with Gasteiger partial charge in [0.2, 0.25) is 0 Å². The molecule has 0 spiro atoms. The van der Waals surface area contributed by atoms with Crippen LogP contribution < -0.4 is 76.2 Å². The number of rotatable bonds is 8. The van der Waals surface area contributed by atoms with E-state index in [0.717, 1.165) is 140 Å². The number of benzene rings is 4. The number of nitrogens with zero attached hydrogens (tertiary/aromatic N) is 13. The topological polar surface area (TPSA) is 342 Å². The Hall–Kier alpha value is -11.7. The molecule has 12 aromatic heterocycles. The number of H-pyrrole nitrogens is 3. The number of ether oxygens (including phenoxy) is 4. The van der Waals surface area contributed by atoms with Gasteiger partial charge in [-0.2, -0.15) is 27.0 Å². The minimum absolute atomic E-state index is 0. The fourth-order valence-electron chi connectivity index (χ4n) is 14.8. The molecular weight excluding hydrogens is 1420 g/mol. The van der Waals surface area contributed by atoms with Crippen LogP contribution in [-0.4, -0.2) is 100 Å². The molecule has 536 valence electrons. The summed E-state index contributed by atoms with van der Waals surface area (Å²) in [7, 11) is 0. The van der Waals surface area contributed by atoms with Crippen LogP contribution in [0.25, 0.3) is 88.6 Å². The number of aromatic amines is 3. The van der Waals surface area contributed by atoms with E-state index in [-0.39, 0.29) is 103 Å². The van der Waals surface area contributed by atoms with E-state index >= 15 is 0 Å². The van der Waals surface area contributed by atoms with Crippen LogP contribution in [0.3, 0.4) is 0 Å². The normalized spacial score (nSPS) is 15.6. The van der Waals surface area contributed by atoms with E-state index in [1.165, 1.54) is 0 Å². The zero-order valence-electron chi connectivity index (χ0n) is 59.2. The summed E-state index contributed by atoms with van der Waals surface area (Å²) in [6.07, 6.45) is 6.88. The second-order valence-electron chi connectivity index (χ2n) is 25.6. The maximum Gasteiger partial charge on any atom is 1.00 e. The summed E-state index contributed by atoms with van der Waals surface area (Å²) >= 11 is 0. The quantitative estimate of drug-likeness (QED) is 0.120. The van der Waals surface area contributed by atoms with Crippen molar-refractivity contribution in [3.05, 3.63) is 257 Å². The van der Waals surface area contributed by atoms with Gasteiger partial charge in [-0.05, 0) is 146 Å². The van der Waals surface area contributed by atoms with Crippen molar-refractivity contribution >= 4 is 71.1 Å². The van der Waals surface area contributed by atoms with Crippen LogP contribution in [0.1, 0.15) is 92.8 Å². The first-order valence-electron chi connectivity index (χ1n) is 33.5. The Morgan fingerprint density at radius 1 is 0.355 bits per heavy atom. The first kappa shape index (κ1) is 72.3. The fourth-order valence-corrected chi connectivity index (χ4v) is 14.8. The third kappa shape index (κ3) is 12.2. The molecule has 4 aliphatic heterocycles. The molecule has 16 heterocycles. The minimum atomic E-state index is -0.305. The Labute approximate surface area is 642 Å². The number of aromatic nitrogens is 16. The first-order chi connectivity index (χ1) is 50.6. The number of hydrogen-bond acceptors (Lipinski definition) is 20. The average molecular weight is 1480 g/mol. The molecular formula is C76H67N16NaO12S2. The zero-order valence-corrected chi connectivity index (χ0v) is 63.2. The third-order valence-electron chi connectivity index (χ3n) is 19.4. The van der Waals surface area contributed by atoms with Crippen molar-refractivity contribution < 1.29 is 66.6 Å². The molecule has 2 unspecified atom stereocenters. The van der Waals surface area contributed by atoms with E-state index in [2.05, 4.69) is 60.5 Å². The van der Waals surface area contributed by atoms with Gasteiger partial charge in [-0.1, -0.05) is 57.0 Å². The van der Waals surface area contributed by atoms with E-state index in [4.69, 9.17) is 37.0 Å². The Morgan fingerprint density at radius 2 is 0.626 bits per heavy atom. The van der Waals surface area contributed by atoms with Gasteiger partial charge in [0, 0.05) is 64.3 Å². The SMILES string of the molecule is Cc1noc(C)c1-c1ccc2[n-]c(=O)n3c2c1OC[C@@H]3c1ccccn1.Cc1noc(C)c1-c1ccc2[nH]c(=O)n3c2c1OCC3c1ccccn1.Cc1noc(C)c1-c1ccc2[nH]c(=O)n3c2c1OCC3c1ccccn1.Cc1noc(C)c1-c1ccc2[nH]c(=O)n3c2c1OC[C@@H]3c1ccccn1.S.S.[Na+]. The van der Waals surface area contributed by atoms with Crippen molar-refractivity contribution in [2.45, 2.75) is 79.6 Å². The summed E-state index contributed by atoms with van der Waals surface area (Å²) in [5.41, 5.74) is 18.3. The van der Waals surface area contributed by atoms with Crippen LogP contribution in [0.4, 0.5) is 0 Å². The van der Waals surface area contributed by atoms with Gasteiger partial charge < -0.3 is 61.5 Å². The molecule has 0 saturated carbocycles. The van der Waals surface area contributed by atoms with Crippen molar-refractivity contribution in [1.29, 1.82) is 0 Å². The third-order valence-corrected chi connectivity index (χ3v) is 19.4. The molecule has 0 fully saturated rings. The number of aryl methyl sites for hydroxylation is 8. The molecule has 107 heavy (non-hydrogen) atoms. The molecule has 31 heteroatoms. The Balaban J connectivity index is 0.000000119. The number of hydrogen-bond donors (Lipinski definition) is 3. The van der Waals surface area contributed by atoms with Crippen molar-refractivity contribution in [3.8, 4) is 67.5 Å². The maximum atomic E-state index is 12.7. The van der Waals surface area contributed by atoms with E-state index in [0.29, 0.717) is 66.2 Å². The van der Waals surface area contributed by atoms with Gasteiger partial charge in [-0.3, -0.25) is 38.4 Å². The molecule has 4 aromatic carbocycles. The average Bonchev–Trinajstić information content (AvgIpc) is 1.63. The Bertz CT molecular complexity index is 5450. The molecule has 0 saturated heterocycles. The van der Waals surface area contributed by atoms with E-state index in [1.54, 1.807) is 43.1 Å². The molecule has 3 N–H and O–H groups in total. The largest absolute Gasteiger partial charge is 1.00 e. The molecule has 0 bridgehead atoms. The van der Waals surface area contributed by atoms with Crippen molar-refractivity contribution in [2.24, 2.45) is 0 Å². The van der Waals surface area contributed by atoms with Crippen LogP contribution in [0, 0.1) is 55.4 Å². The monoisotopic (exact) mass is 1480 g/mol. The van der Waals surface area contributed by atoms with E-state index in [9.17, 15) is 19.2 Å². The minimum Gasteiger partial charge on any atom is -0.492 e. The van der Waals surface area contributed by atoms with Gasteiger partial charge in [0.15, 0.2) is 22.9 Å². The molecule has 4 atom stereocenters. The Kier molecular flexibility index (Phi) is 19.6. The number of nitrogens with one attached hydrogen (secondary N) is 3. The van der Waals surface area contributed by atoms with Gasteiger partial charge in [0.25, 0.3) is 0 Å². The molecule has 4 aliphatic rings. The fraction of sp³-hybridized carbons (Fsp3) is 0.211. The van der Waals surface area contributed by atoms with Crippen LogP contribution in [0.15, 0.2) is 183 Å². The predicted octanol–water partition coefficient (Wildman–Crippen LogP) is 8.77. The van der Waals surface area contributed by atoms with Crippen LogP contribution >= 0.6 is 27.0 Å². The second-order valence-corrected chi connectivity index (χ2v) is 25.6. The smallest absolute Gasteiger partial charge is 0.492 e. The van der Waals surface area contributed by atoms with Crippen molar-refractivity contribution in [2.75, 3.05) is 26.4 Å². The van der Waals surface area contributed by atoms with Crippen molar-refractivity contribution in [1.82, 2.24) is 78.8 Å². The molecule has 16 aromatic rings. The van der Waals surface area contributed by atoms with Gasteiger partial charge in [0.05, 0.1) is 85.3 Å². The summed E-state index contributed by atoms with van der Waals surface area (Å²) in [6.45, 7) is 16.4. The molecule has 0 aliphatic carbocycles. The Morgan fingerprint density at radius 3 is 0.888 bits per heavy atom. The number of imidazole rings is 4. The number of pyridine rings is 4. The van der Waals surface area contributed by atoms with Gasteiger partial charge in [0.1, 0.15) is 83.3 Å². The standard InChI is InChI=1S/4C19H16N4O3.Na.2H2S/c4*1-10-16(11(2)26-22-10)12-6-7-14-17-18(12)25-9-15(23(17)19(24)21-14)13-5-3-4-8-20-13;;;/h4*3-8,15H,9H2,1-2H3,(H,21,24);;2*1H2/q;;;;+1;;/p-1/t2*15-;;;;;/m11...../s1. The molecule has 20 rings (SSSR count). The maximum absolute atomic E-state index is 12.7. The van der Waals surface area contributed by atoms with Gasteiger partial charge in [-0.25, -0.2) is 14.4 Å². The summed E-state index contributed by atoms with van der Waals surface area (Å²) in [5, 5.41) is 16.1. The summed E-state index contributed by atoms with van der Waals surface area (Å²) in [4.78, 5) is 81.2. The van der Waals surface area contributed by atoms with Crippen LogP contribution in [0.2, 0.25) is 0 Å². The first-order valence-corrected chi connectivity index (χ1v) is 33.5. The predicted molar refractivity (Wildman–Crippen MR) is 401 cm³/mol.